The maximum Gasteiger partial charge on any atom is 0.254 e. The molecular weight excluding hydrogens is 316 g/mol. The molecule has 2 heterocycles. The summed E-state index contributed by atoms with van der Waals surface area (Å²) in [5, 5.41) is 12.4. The number of benzene rings is 1. The highest BCUT2D eigenvalue weighted by atomic mass is 16.5. The third-order valence-electron chi connectivity index (χ3n) is 4.67. The number of rotatable bonds is 4. The lowest BCUT2D eigenvalue weighted by Crippen LogP contribution is -2.40. The molecule has 6 heteroatoms. The second-order valence-electron chi connectivity index (χ2n) is 6.15. The van der Waals surface area contributed by atoms with Crippen LogP contribution in [0.4, 0.5) is 5.69 Å². The van der Waals surface area contributed by atoms with Crippen LogP contribution in [0.2, 0.25) is 0 Å². The summed E-state index contributed by atoms with van der Waals surface area (Å²) in [5.74, 6) is 0.0485. The lowest BCUT2D eigenvalue weighted by molar-refractivity contribution is 0.0303. The Kier molecular flexibility index (Phi) is 5.05. The van der Waals surface area contributed by atoms with Gasteiger partial charge in [-0.25, -0.2) is 0 Å². The number of ether oxygens (including phenoxy) is 1. The molecule has 0 aliphatic carbocycles. The summed E-state index contributed by atoms with van der Waals surface area (Å²) in [5.41, 5.74) is 4.45. The van der Waals surface area contributed by atoms with Crippen LogP contribution in [0.5, 0.6) is 0 Å². The second-order valence-corrected chi connectivity index (χ2v) is 6.15. The van der Waals surface area contributed by atoms with Crippen LogP contribution >= 0.6 is 0 Å². The molecule has 1 N–H and O–H groups in total. The summed E-state index contributed by atoms with van der Waals surface area (Å²) in [4.78, 5) is 14.2. The molecule has 1 saturated heterocycles. The molecule has 130 valence electrons. The maximum atomic E-state index is 12.4. The molecule has 2 aromatic rings. The molecule has 1 aromatic carbocycles. The van der Waals surface area contributed by atoms with E-state index in [9.17, 15) is 4.79 Å². The van der Waals surface area contributed by atoms with Gasteiger partial charge in [-0.05, 0) is 42.8 Å². The smallest absolute Gasteiger partial charge is 0.254 e. The summed E-state index contributed by atoms with van der Waals surface area (Å²) < 4.78 is 7.17. The van der Waals surface area contributed by atoms with E-state index in [-0.39, 0.29) is 5.91 Å². The predicted octanol–water partition coefficient (Wildman–Crippen LogP) is 2.29. The third-order valence-corrected chi connectivity index (χ3v) is 4.67. The normalized spacial score (nSPS) is 14.2. The summed E-state index contributed by atoms with van der Waals surface area (Å²) in [7, 11) is 1.89. The summed E-state index contributed by atoms with van der Waals surface area (Å²) in [6.07, 6.45) is 0. The molecule has 0 spiro atoms. The summed E-state index contributed by atoms with van der Waals surface area (Å²) >= 11 is 0. The molecule has 1 fully saturated rings. The van der Waals surface area contributed by atoms with Gasteiger partial charge in [0.25, 0.3) is 5.91 Å². The van der Waals surface area contributed by atoms with Crippen molar-refractivity contribution < 1.29 is 9.53 Å². The van der Waals surface area contributed by atoms with Crippen molar-refractivity contribution in [1.82, 2.24) is 9.47 Å². The van der Waals surface area contributed by atoms with Gasteiger partial charge in [-0.1, -0.05) is 0 Å². The van der Waals surface area contributed by atoms with Gasteiger partial charge in [0, 0.05) is 43.6 Å². The minimum atomic E-state index is 0.0485. The largest absolute Gasteiger partial charge is 0.381 e. The molecular formula is C19H22N4O2. The lowest BCUT2D eigenvalue weighted by Gasteiger charge is -2.26. The SMILES string of the molecule is Cc1c(CNc2ccc(C(=O)N3CCOCC3)cc2)cc(C#N)n1C. The van der Waals surface area contributed by atoms with Crippen LogP contribution < -0.4 is 5.32 Å². The van der Waals surface area contributed by atoms with Crippen molar-refractivity contribution in [2.75, 3.05) is 31.6 Å². The van der Waals surface area contributed by atoms with Crippen molar-refractivity contribution in [2.24, 2.45) is 7.05 Å². The summed E-state index contributed by atoms with van der Waals surface area (Å²) in [6, 6.07) is 11.6. The van der Waals surface area contributed by atoms with Crippen molar-refractivity contribution in [1.29, 1.82) is 5.26 Å². The highest BCUT2D eigenvalue weighted by Gasteiger charge is 2.18. The fourth-order valence-electron chi connectivity index (χ4n) is 2.93. The molecule has 3 rings (SSSR count). The van der Waals surface area contributed by atoms with Gasteiger partial charge in [0.15, 0.2) is 0 Å². The van der Waals surface area contributed by atoms with Crippen LogP contribution in [0.3, 0.4) is 0 Å². The van der Waals surface area contributed by atoms with Crippen LogP contribution in [0.25, 0.3) is 0 Å². The first-order chi connectivity index (χ1) is 12.1. The van der Waals surface area contributed by atoms with Gasteiger partial charge in [0.05, 0.1) is 13.2 Å². The van der Waals surface area contributed by atoms with Crippen molar-refractivity contribution in [3.63, 3.8) is 0 Å². The standard InChI is InChI=1S/C19H22N4O2/c1-14-16(11-18(12-20)22(14)2)13-21-17-5-3-15(4-6-17)19(24)23-7-9-25-10-8-23/h3-6,11,21H,7-10,13H2,1-2H3. The van der Waals surface area contributed by atoms with E-state index in [1.807, 2.05) is 53.8 Å². The highest BCUT2D eigenvalue weighted by Crippen LogP contribution is 2.17. The highest BCUT2D eigenvalue weighted by molar-refractivity contribution is 5.94. The zero-order valence-corrected chi connectivity index (χ0v) is 14.6. The van der Waals surface area contributed by atoms with E-state index in [1.54, 1.807) is 0 Å². The molecule has 6 nitrogen and oxygen atoms in total. The molecule has 0 atom stereocenters. The molecule has 1 aromatic heterocycles. The van der Waals surface area contributed by atoms with Crippen LogP contribution in [0.15, 0.2) is 30.3 Å². The number of morpholine rings is 1. The quantitative estimate of drug-likeness (QED) is 0.928. The number of nitrogens with one attached hydrogen (secondary N) is 1. The average Bonchev–Trinajstić information content (AvgIpc) is 2.94. The fourth-order valence-corrected chi connectivity index (χ4v) is 2.93. The lowest BCUT2D eigenvalue weighted by atomic mass is 10.1. The van der Waals surface area contributed by atoms with Crippen LogP contribution in [-0.4, -0.2) is 41.7 Å². The van der Waals surface area contributed by atoms with Crippen LogP contribution in [-0.2, 0) is 18.3 Å². The number of anilines is 1. The number of amides is 1. The van der Waals surface area contributed by atoms with E-state index < -0.39 is 0 Å². The Bertz CT molecular complexity index is 796. The first-order valence-electron chi connectivity index (χ1n) is 8.36. The zero-order chi connectivity index (χ0) is 17.8. The Morgan fingerprint density at radius 2 is 1.96 bits per heavy atom. The van der Waals surface area contributed by atoms with E-state index in [0.717, 1.165) is 16.9 Å². The predicted molar refractivity (Wildman–Crippen MR) is 95.4 cm³/mol. The van der Waals surface area contributed by atoms with Gasteiger partial charge in [-0.2, -0.15) is 5.26 Å². The van der Waals surface area contributed by atoms with Crippen LogP contribution in [0.1, 0.15) is 27.3 Å². The number of aromatic nitrogens is 1. The Morgan fingerprint density at radius 1 is 1.28 bits per heavy atom. The number of hydrogen-bond acceptors (Lipinski definition) is 4. The van der Waals surface area contributed by atoms with Crippen molar-refractivity contribution in [3.05, 3.63) is 52.8 Å². The Morgan fingerprint density at radius 3 is 2.56 bits per heavy atom. The molecule has 0 bridgehead atoms. The number of nitriles is 1. The first kappa shape index (κ1) is 17.1. The first-order valence-corrected chi connectivity index (χ1v) is 8.36. The van der Waals surface area contributed by atoms with Crippen molar-refractivity contribution >= 4 is 11.6 Å². The average molecular weight is 338 g/mol. The fraction of sp³-hybridized carbons (Fsp3) is 0.368. The maximum absolute atomic E-state index is 12.4. The molecule has 0 unspecified atom stereocenters. The van der Waals surface area contributed by atoms with Gasteiger partial charge in [-0.3, -0.25) is 4.79 Å². The number of nitrogens with zero attached hydrogens (tertiary/aromatic N) is 3. The third kappa shape index (κ3) is 3.67. The monoisotopic (exact) mass is 338 g/mol. The molecule has 0 saturated carbocycles. The molecule has 1 aliphatic heterocycles. The van der Waals surface area contributed by atoms with Gasteiger partial charge in [0.2, 0.25) is 0 Å². The molecule has 0 radical (unpaired) electrons. The van der Waals surface area contributed by atoms with E-state index >= 15 is 0 Å². The van der Waals surface area contributed by atoms with E-state index in [0.29, 0.717) is 44.1 Å². The summed E-state index contributed by atoms with van der Waals surface area (Å²) in [6.45, 7) is 5.14. The number of hydrogen-bond donors (Lipinski definition) is 1. The minimum absolute atomic E-state index is 0.0485. The van der Waals surface area contributed by atoms with Gasteiger partial charge < -0.3 is 19.5 Å². The number of carbonyl (C=O) groups is 1. The van der Waals surface area contributed by atoms with Gasteiger partial charge in [0.1, 0.15) is 11.8 Å². The van der Waals surface area contributed by atoms with E-state index in [1.165, 1.54) is 0 Å². The van der Waals surface area contributed by atoms with Gasteiger partial charge in [-0.15, -0.1) is 0 Å². The minimum Gasteiger partial charge on any atom is -0.381 e. The molecule has 1 aliphatic rings. The van der Waals surface area contributed by atoms with Crippen molar-refractivity contribution in [2.45, 2.75) is 13.5 Å². The molecule has 1 amide bonds. The number of carbonyl (C=O) groups excluding carboxylic acids is 1. The van der Waals surface area contributed by atoms with Gasteiger partial charge >= 0.3 is 0 Å². The second kappa shape index (κ2) is 7.41. The Labute approximate surface area is 147 Å². The topological polar surface area (TPSA) is 70.3 Å². The van der Waals surface area contributed by atoms with E-state index in [4.69, 9.17) is 10.00 Å². The molecule has 25 heavy (non-hydrogen) atoms. The zero-order valence-electron chi connectivity index (χ0n) is 14.6. The van der Waals surface area contributed by atoms with Crippen molar-refractivity contribution in [3.8, 4) is 6.07 Å². The van der Waals surface area contributed by atoms with E-state index in [2.05, 4.69) is 11.4 Å². The Balaban J connectivity index is 1.63. The van der Waals surface area contributed by atoms with Crippen LogP contribution in [0, 0.1) is 18.3 Å². The Hall–Kier alpha value is -2.78.